The third-order valence-corrected chi connectivity index (χ3v) is 2.15. The predicted octanol–water partition coefficient (Wildman–Crippen LogP) is 3.19. The van der Waals surface area contributed by atoms with Crippen molar-refractivity contribution in [1.29, 1.82) is 0 Å². The van der Waals surface area contributed by atoms with Crippen LogP contribution in [-0.4, -0.2) is 5.11 Å². The average Bonchev–Trinajstić information content (AvgIpc) is 2.18. The molecule has 1 nitrogen and oxygen atoms in total. The van der Waals surface area contributed by atoms with E-state index in [2.05, 4.69) is 0 Å². The van der Waals surface area contributed by atoms with Gasteiger partial charge in [-0.15, -0.1) is 0 Å². The fourth-order valence-corrected chi connectivity index (χ4v) is 1.32. The van der Waals surface area contributed by atoms with E-state index in [1.165, 1.54) is 0 Å². The second-order valence-corrected chi connectivity index (χ2v) is 3.32. The number of aliphatic hydroxyl groups excluding tert-OH is 1. The zero-order valence-electron chi connectivity index (χ0n) is 8.13. The third-order valence-electron chi connectivity index (χ3n) is 2.15. The minimum absolute atomic E-state index is 0.0541. The Kier molecular flexibility index (Phi) is 4.01. The number of halogens is 2. The molecular formula is C11H14F2O. The van der Waals surface area contributed by atoms with E-state index in [0.29, 0.717) is 6.42 Å². The van der Waals surface area contributed by atoms with Crippen molar-refractivity contribution in [3.05, 3.63) is 35.4 Å². The van der Waals surface area contributed by atoms with Crippen molar-refractivity contribution >= 4 is 0 Å². The summed E-state index contributed by atoms with van der Waals surface area (Å²) in [6.07, 6.45) is 1.30. The molecule has 1 aromatic rings. The average molecular weight is 200 g/mol. The van der Waals surface area contributed by atoms with Crippen molar-refractivity contribution in [2.24, 2.45) is 0 Å². The van der Waals surface area contributed by atoms with E-state index in [1.807, 2.05) is 6.92 Å². The summed E-state index contributed by atoms with van der Waals surface area (Å²) >= 11 is 0. The summed E-state index contributed by atoms with van der Waals surface area (Å²) in [5, 5.41) is 9.55. The number of benzene rings is 1. The first kappa shape index (κ1) is 11.1. The molecule has 0 aliphatic carbocycles. The molecule has 0 spiro atoms. The molecule has 14 heavy (non-hydrogen) atoms. The van der Waals surface area contributed by atoms with Gasteiger partial charge in [0.05, 0.1) is 6.10 Å². The number of hydrogen-bond donors (Lipinski definition) is 1. The van der Waals surface area contributed by atoms with Crippen molar-refractivity contribution in [3.8, 4) is 0 Å². The van der Waals surface area contributed by atoms with Crippen LogP contribution in [0.4, 0.5) is 8.78 Å². The van der Waals surface area contributed by atoms with Crippen LogP contribution in [0.25, 0.3) is 0 Å². The van der Waals surface area contributed by atoms with Gasteiger partial charge < -0.3 is 5.11 Å². The highest BCUT2D eigenvalue weighted by molar-refractivity contribution is 5.20. The van der Waals surface area contributed by atoms with E-state index in [1.54, 1.807) is 0 Å². The number of aliphatic hydroxyl groups is 1. The van der Waals surface area contributed by atoms with Crippen LogP contribution in [0, 0.1) is 11.6 Å². The van der Waals surface area contributed by atoms with Gasteiger partial charge in [0, 0.05) is 5.56 Å². The Morgan fingerprint density at radius 3 is 2.71 bits per heavy atom. The lowest BCUT2D eigenvalue weighted by molar-refractivity contribution is 0.159. The molecule has 1 atom stereocenters. The monoisotopic (exact) mass is 200 g/mol. The fourth-order valence-electron chi connectivity index (χ4n) is 1.32. The molecule has 0 saturated heterocycles. The van der Waals surface area contributed by atoms with Crippen molar-refractivity contribution in [3.63, 3.8) is 0 Å². The summed E-state index contributed by atoms with van der Waals surface area (Å²) in [6.45, 7) is 1.98. The van der Waals surface area contributed by atoms with Crippen LogP contribution < -0.4 is 0 Å². The van der Waals surface area contributed by atoms with Crippen LogP contribution in [0.1, 0.15) is 37.9 Å². The van der Waals surface area contributed by atoms with Gasteiger partial charge in [0.1, 0.15) is 11.6 Å². The molecule has 1 unspecified atom stereocenters. The Labute approximate surface area is 82.4 Å². The molecule has 0 fully saturated rings. The molecule has 0 saturated carbocycles. The van der Waals surface area contributed by atoms with Crippen molar-refractivity contribution in [1.82, 2.24) is 0 Å². The minimum Gasteiger partial charge on any atom is -0.388 e. The zero-order chi connectivity index (χ0) is 10.6. The zero-order valence-corrected chi connectivity index (χ0v) is 8.13. The van der Waals surface area contributed by atoms with Crippen LogP contribution in [0.2, 0.25) is 0 Å². The highest BCUT2D eigenvalue weighted by Gasteiger charge is 2.12. The van der Waals surface area contributed by atoms with E-state index in [0.717, 1.165) is 31.0 Å². The maximum absolute atomic E-state index is 13.1. The van der Waals surface area contributed by atoms with Gasteiger partial charge in [-0.05, 0) is 24.6 Å². The molecule has 1 aromatic carbocycles. The number of hydrogen-bond acceptors (Lipinski definition) is 1. The summed E-state index contributed by atoms with van der Waals surface area (Å²) in [7, 11) is 0. The lowest BCUT2D eigenvalue weighted by Gasteiger charge is -2.11. The first-order valence-electron chi connectivity index (χ1n) is 4.78. The van der Waals surface area contributed by atoms with Gasteiger partial charge in [0.25, 0.3) is 0 Å². The fraction of sp³-hybridized carbons (Fsp3) is 0.455. The van der Waals surface area contributed by atoms with Crippen LogP contribution in [-0.2, 0) is 0 Å². The van der Waals surface area contributed by atoms with Crippen LogP contribution >= 0.6 is 0 Å². The Balaban J connectivity index is 2.77. The molecule has 1 N–H and O–H groups in total. The Morgan fingerprint density at radius 2 is 2.07 bits per heavy atom. The standard InChI is InChI=1S/C11H14F2O/c1-2-3-4-11(14)9-7-8(12)5-6-10(9)13/h5-7,11,14H,2-4H2,1H3. The molecule has 0 aliphatic rings. The molecule has 0 amide bonds. The van der Waals surface area contributed by atoms with Gasteiger partial charge in [0.2, 0.25) is 0 Å². The summed E-state index contributed by atoms with van der Waals surface area (Å²) in [6, 6.07) is 3.14. The highest BCUT2D eigenvalue weighted by Crippen LogP contribution is 2.22. The number of rotatable bonds is 4. The highest BCUT2D eigenvalue weighted by atomic mass is 19.1. The molecule has 0 aromatic heterocycles. The quantitative estimate of drug-likeness (QED) is 0.791. The van der Waals surface area contributed by atoms with E-state index in [9.17, 15) is 13.9 Å². The third kappa shape index (κ3) is 2.77. The summed E-state index contributed by atoms with van der Waals surface area (Å²) < 4.78 is 25.9. The van der Waals surface area contributed by atoms with Gasteiger partial charge in [-0.25, -0.2) is 8.78 Å². The molecular weight excluding hydrogens is 186 g/mol. The smallest absolute Gasteiger partial charge is 0.129 e. The van der Waals surface area contributed by atoms with E-state index >= 15 is 0 Å². The first-order chi connectivity index (χ1) is 6.65. The second-order valence-electron chi connectivity index (χ2n) is 3.32. The second kappa shape index (κ2) is 5.05. The largest absolute Gasteiger partial charge is 0.388 e. The van der Waals surface area contributed by atoms with Crippen molar-refractivity contribution < 1.29 is 13.9 Å². The molecule has 3 heteroatoms. The number of unbranched alkanes of at least 4 members (excludes halogenated alkanes) is 1. The molecule has 0 aliphatic heterocycles. The van der Waals surface area contributed by atoms with Crippen LogP contribution in [0.15, 0.2) is 18.2 Å². The molecule has 0 bridgehead atoms. The SMILES string of the molecule is CCCCC(O)c1cc(F)ccc1F. The van der Waals surface area contributed by atoms with Crippen molar-refractivity contribution in [2.45, 2.75) is 32.3 Å². The maximum Gasteiger partial charge on any atom is 0.129 e. The molecule has 1 rings (SSSR count). The van der Waals surface area contributed by atoms with E-state index in [4.69, 9.17) is 0 Å². The maximum atomic E-state index is 13.1. The summed E-state index contributed by atoms with van der Waals surface area (Å²) in [5.41, 5.74) is 0.0541. The van der Waals surface area contributed by atoms with Gasteiger partial charge in [-0.1, -0.05) is 19.8 Å². The minimum atomic E-state index is -0.898. The van der Waals surface area contributed by atoms with Crippen molar-refractivity contribution in [2.75, 3.05) is 0 Å². The Hall–Kier alpha value is -0.960. The van der Waals surface area contributed by atoms with E-state index in [-0.39, 0.29) is 5.56 Å². The summed E-state index contributed by atoms with van der Waals surface area (Å²) in [5.74, 6) is -1.06. The Bertz CT molecular complexity index is 299. The molecule has 0 heterocycles. The van der Waals surface area contributed by atoms with Gasteiger partial charge in [-0.3, -0.25) is 0 Å². The van der Waals surface area contributed by atoms with E-state index < -0.39 is 17.7 Å². The topological polar surface area (TPSA) is 20.2 Å². The van der Waals surface area contributed by atoms with Gasteiger partial charge in [0.15, 0.2) is 0 Å². The van der Waals surface area contributed by atoms with Crippen LogP contribution in [0.3, 0.4) is 0 Å². The van der Waals surface area contributed by atoms with Crippen LogP contribution in [0.5, 0.6) is 0 Å². The summed E-state index contributed by atoms with van der Waals surface area (Å²) in [4.78, 5) is 0. The first-order valence-corrected chi connectivity index (χ1v) is 4.78. The molecule has 0 radical (unpaired) electrons. The Morgan fingerprint density at radius 1 is 1.36 bits per heavy atom. The lowest BCUT2D eigenvalue weighted by atomic mass is 10.0. The van der Waals surface area contributed by atoms with Gasteiger partial charge >= 0.3 is 0 Å². The van der Waals surface area contributed by atoms with Gasteiger partial charge in [-0.2, -0.15) is 0 Å². The normalized spacial score (nSPS) is 12.9. The lowest BCUT2D eigenvalue weighted by Crippen LogP contribution is -2.01. The molecule has 78 valence electrons. The predicted molar refractivity (Wildman–Crippen MR) is 50.8 cm³/mol.